The molecule has 1 fully saturated rings. The summed E-state index contributed by atoms with van der Waals surface area (Å²) in [7, 11) is 0. The lowest BCUT2D eigenvalue weighted by molar-refractivity contribution is 0.0679. The van der Waals surface area contributed by atoms with Crippen molar-refractivity contribution in [2.45, 2.75) is 26.7 Å². The third kappa shape index (κ3) is 3.19. The summed E-state index contributed by atoms with van der Waals surface area (Å²) in [5.41, 5.74) is 6.97. The molecule has 19 heavy (non-hydrogen) atoms. The van der Waals surface area contributed by atoms with Crippen LogP contribution in [0.1, 0.15) is 37.0 Å². The van der Waals surface area contributed by atoms with Crippen LogP contribution in [0, 0.1) is 5.92 Å². The zero-order chi connectivity index (χ0) is 13.8. The first-order valence-electron chi connectivity index (χ1n) is 6.93. The van der Waals surface area contributed by atoms with Crippen molar-refractivity contribution in [2.75, 3.05) is 25.4 Å². The molecule has 1 saturated heterocycles. The number of likely N-dealkylation sites (tertiary alicyclic amines) is 1. The monoisotopic (exact) mass is 262 g/mol. The summed E-state index contributed by atoms with van der Waals surface area (Å²) in [5.74, 6) is 1.22. The molecule has 0 unspecified atom stereocenters. The van der Waals surface area contributed by atoms with Crippen LogP contribution >= 0.6 is 0 Å². The fourth-order valence-corrected chi connectivity index (χ4v) is 2.54. The maximum Gasteiger partial charge on any atom is 0.257 e. The molecular formula is C15H22N2O2. The van der Waals surface area contributed by atoms with Crippen molar-refractivity contribution in [3.8, 4) is 5.75 Å². The lowest BCUT2D eigenvalue weighted by atomic mass is 9.99. The third-order valence-corrected chi connectivity index (χ3v) is 3.48. The number of carbonyl (C=O) groups excluding carboxylic acids is 1. The number of benzene rings is 1. The Balaban J connectivity index is 2.24. The van der Waals surface area contributed by atoms with Crippen LogP contribution in [0.4, 0.5) is 5.69 Å². The standard InChI is InChI=1S/C15H22N2O2/c1-3-19-14-7-6-12(16)9-13(14)15(18)17-8-4-5-11(2)10-17/h6-7,9,11H,3-5,8,10,16H2,1-2H3/t11-/m0/s1. The normalized spacial score (nSPS) is 19.3. The number of ether oxygens (including phenoxy) is 1. The minimum atomic E-state index is 0.0299. The Morgan fingerprint density at radius 2 is 2.32 bits per heavy atom. The summed E-state index contributed by atoms with van der Waals surface area (Å²) in [6.07, 6.45) is 2.26. The quantitative estimate of drug-likeness (QED) is 0.852. The maximum absolute atomic E-state index is 12.6. The van der Waals surface area contributed by atoms with E-state index in [1.807, 2.05) is 11.8 Å². The molecule has 0 saturated carbocycles. The van der Waals surface area contributed by atoms with E-state index in [1.165, 1.54) is 6.42 Å². The van der Waals surface area contributed by atoms with Gasteiger partial charge in [0.15, 0.2) is 0 Å². The van der Waals surface area contributed by atoms with E-state index in [0.717, 1.165) is 19.5 Å². The Labute approximate surface area is 114 Å². The van der Waals surface area contributed by atoms with Crippen molar-refractivity contribution in [1.29, 1.82) is 0 Å². The second kappa shape index (κ2) is 5.95. The first kappa shape index (κ1) is 13.7. The average Bonchev–Trinajstić information content (AvgIpc) is 2.40. The van der Waals surface area contributed by atoms with Gasteiger partial charge in [0, 0.05) is 18.8 Å². The fraction of sp³-hybridized carbons (Fsp3) is 0.533. The number of piperidine rings is 1. The van der Waals surface area contributed by atoms with E-state index in [0.29, 0.717) is 29.5 Å². The summed E-state index contributed by atoms with van der Waals surface area (Å²) >= 11 is 0. The molecule has 1 aliphatic rings. The molecule has 1 aromatic rings. The van der Waals surface area contributed by atoms with Crippen molar-refractivity contribution in [1.82, 2.24) is 4.90 Å². The lowest BCUT2D eigenvalue weighted by Crippen LogP contribution is -2.39. The molecule has 2 N–H and O–H groups in total. The third-order valence-electron chi connectivity index (χ3n) is 3.48. The Kier molecular flexibility index (Phi) is 4.30. The number of hydrogen-bond donors (Lipinski definition) is 1. The van der Waals surface area contributed by atoms with E-state index in [-0.39, 0.29) is 5.91 Å². The molecule has 2 rings (SSSR count). The second-order valence-electron chi connectivity index (χ2n) is 5.19. The van der Waals surface area contributed by atoms with Crippen molar-refractivity contribution < 1.29 is 9.53 Å². The van der Waals surface area contributed by atoms with Crippen LogP contribution in [-0.4, -0.2) is 30.5 Å². The molecule has 1 amide bonds. The number of nitrogen functional groups attached to an aromatic ring is 1. The van der Waals surface area contributed by atoms with Crippen LogP contribution in [0.3, 0.4) is 0 Å². The number of hydrogen-bond acceptors (Lipinski definition) is 3. The van der Waals surface area contributed by atoms with Gasteiger partial charge in [-0.15, -0.1) is 0 Å². The van der Waals surface area contributed by atoms with E-state index in [9.17, 15) is 4.79 Å². The van der Waals surface area contributed by atoms with Gasteiger partial charge in [0.05, 0.1) is 12.2 Å². The maximum atomic E-state index is 12.6. The van der Waals surface area contributed by atoms with E-state index >= 15 is 0 Å². The van der Waals surface area contributed by atoms with Gasteiger partial charge in [0.2, 0.25) is 0 Å². The predicted molar refractivity (Wildman–Crippen MR) is 76.3 cm³/mol. The molecule has 1 aliphatic heterocycles. The van der Waals surface area contributed by atoms with E-state index in [1.54, 1.807) is 18.2 Å². The molecule has 1 aromatic carbocycles. The van der Waals surface area contributed by atoms with Gasteiger partial charge in [-0.05, 0) is 43.9 Å². The smallest absolute Gasteiger partial charge is 0.257 e. The Morgan fingerprint density at radius 3 is 3.00 bits per heavy atom. The van der Waals surface area contributed by atoms with Crippen LogP contribution in [0.15, 0.2) is 18.2 Å². The highest BCUT2D eigenvalue weighted by Gasteiger charge is 2.24. The second-order valence-corrected chi connectivity index (χ2v) is 5.19. The minimum Gasteiger partial charge on any atom is -0.493 e. The van der Waals surface area contributed by atoms with Crippen LogP contribution in [0.25, 0.3) is 0 Å². The van der Waals surface area contributed by atoms with Crippen LogP contribution in [0.5, 0.6) is 5.75 Å². The zero-order valence-corrected chi connectivity index (χ0v) is 11.7. The van der Waals surface area contributed by atoms with E-state index < -0.39 is 0 Å². The van der Waals surface area contributed by atoms with Crippen molar-refractivity contribution in [3.63, 3.8) is 0 Å². The number of amides is 1. The molecule has 104 valence electrons. The highest BCUT2D eigenvalue weighted by Crippen LogP contribution is 2.25. The van der Waals surface area contributed by atoms with Gasteiger partial charge < -0.3 is 15.4 Å². The number of carbonyl (C=O) groups is 1. The Bertz CT molecular complexity index is 459. The molecule has 0 spiro atoms. The fourth-order valence-electron chi connectivity index (χ4n) is 2.54. The highest BCUT2D eigenvalue weighted by atomic mass is 16.5. The first-order valence-corrected chi connectivity index (χ1v) is 6.93. The van der Waals surface area contributed by atoms with Crippen LogP contribution < -0.4 is 10.5 Å². The molecule has 4 heteroatoms. The van der Waals surface area contributed by atoms with E-state index in [4.69, 9.17) is 10.5 Å². The molecule has 0 aliphatic carbocycles. The SMILES string of the molecule is CCOc1ccc(N)cc1C(=O)N1CCC[C@H](C)C1. The van der Waals surface area contributed by atoms with Gasteiger partial charge in [-0.1, -0.05) is 6.92 Å². The summed E-state index contributed by atoms with van der Waals surface area (Å²) in [5, 5.41) is 0. The molecule has 4 nitrogen and oxygen atoms in total. The molecule has 1 heterocycles. The lowest BCUT2D eigenvalue weighted by Gasteiger charge is -2.31. The van der Waals surface area contributed by atoms with Crippen LogP contribution in [-0.2, 0) is 0 Å². The minimum absolute atomic E-state index is 0.0299. The molecular weight excluding hydrogens is 240 g/mol. The number of nitrogens with two attached hydrogens (primary N) is 1. The van der Waals surface area contributed by atoms with Gasteiger partial charge in [-0.3, -0.25) is 4.79 Å². The van der Waals surface area contributed by atoms with Gasteiger partial charge in [0.1, 0.15) is 5.75 Å². The summed E-state index contributed by atoms with van der Waals surface area (Å²) in [6, 6.07) is 5.26. The van der Waals surface area contributed by atoms with Gasteiger partial charge in [-0.2, -0.15) is 0 Å². The van der Waals surface area contributed by atoms with Crippen molar-refractivity contribution in [3.05, 3.63) is 23.8 Å². The largest absolute Gasteiger partial charge is 0.493 e. The Morgan fingerprint density at radius 1 is 1.53 bits per heavy atom. The van der Waals surface area contributed by atoms with Gasteiger partial charge in [-0.25, -0.2) is 0 Å². The predicted octanol–water partition coefficient (Wildman–Crippen LogP) is 2.54. The summed E-state index contributed by atoms with van der Waals surface area (Å²) in [6.45, 7) is 6.28. The summed E-state index contributed by atoms with van der Waals surface area (Å²) in [4.78, 5) is 14.5. The van der Waals surface area contributed by atoms with E-state index in [2.05, 4.69) is 6.92 Å². The van der Waals surface area contributed by atoms with Gasteiger partial charge in [0.25, 0.3) is 5.91 Å². The number of anilines is 1. The summed E-state index contributed by atoms with van der Waals surface area (Å²) < 4.78 is 5.53. The van der Waals surface area contributed by atoms with Gasteiger partial charge >= 0.3 is 0 Å². The van der Waals surface area contributed by atoms with Crippen LogP contribution in [0.2, 0.25) is 0 Å². The van der Waals surface area contributed by atoms with Crippen molar-refractivity contribution in [2.24, 2.45) is 5.92 Å². The number of nitrogens with zero attached hydrogens (tertiary/aromatic N) is 1. The molecule has 0 bridgehead atoms. The Hall–Kier alpha value is -1.71. The molecule has 0 aromatic heterocycles. The highest BCUT2D eigenvalue weighted by molar-refractivity contribution is 5.97. The first-order chi connectivity index (χ1) is 9.11. The molecule has 1 atom stereocenters. The molecule has 0 radical (unpaired) electrons. The number of rotatable bonds is 3. The van der Waals surface area contributed by atoms with Crippen molar-refractivity contribution >= 4 is 11.6 Å². The zero-order valence-electron chi connectivity index (χ0n) is 11.7. The average molecular weight is 262 g/mol. The topological polar surface area (TPSA) is 55.6 Å².